The quantitative estimate of drug-likeness (QED) is 0.542. The van der Waals surface area contributed by atoms with Gasteiger partial charge in [0.1, 0.15) is 0 Å². The lowest BCUT2D eigenvalue weighted by Gasteiger charge is -2.31. The smallest absolute Gasteiger partial charge is 0.230 e. The molecule has 4 heteroatoms. The van der Waals surface area contributed by atoms with Crippen LogP contribution in [0.2, 0.25) is 0 Å². The zero-order valence-corrected chi connectivity index (χ0v) is 19.9. The van der Waals surface area contributed by atoms with Crippen LogP contribution < -0.4 is 0 Å². The lowest BCUT2D eigenvalue weighted by molar-refractivity contribution is -0.140. The summed E-state index contributed by atoms with van der Waals surface area (Å²) in [6.07, 6.45) is 3.85. The van der Waals surface area contributed by atoms with E-state index in [0.29, 0.717) is 13.1 Å². The monoisotopic (exact) mass is 454 g/mol. The molecule has 2 aliphatic heterocycles. The molecule has 3 aromatic carbocycles. The zero-order valence-electron chi connectivity index (χ0n) is 19.9. The Morgan fingerprint density at radius 3 is 2.09 bits per heavy atom. The number of carbonyl (C=O) groups excluding carboxylic acids is 1. The van der Waals surface area contributed by atoms with Gasteiger partial charge >= 0.3 is 0 Å². The summed E-state index contributed by atoms with van der Waals surface area (Å²) in [5.41, 5.74) is 3.25. The van der Waals surface area contributed by atoms with Crippen molar-refractivity contribution in [2.24, 2.45) is 5.92 Å². The van der Waals surface area contributed by atoms with Crippen molar-refractivity contribution in [2.75, 3.05) is 19.8 Å². The zero-order chi connectivity index (χ0) is 23.5. The summed E-state index contributed by atoms with van der Waals surface area (Å²) >= 11 is 0. The van der Waals surface area contributed by atoms with Crippen LogP contribution in [0.4, 0.5) is 0 Å². The Morgan fingerprint density at radius 1 is 0.853 bits per heavy atom. The maximum atomic E-state index is 13.7. The minimum absolute atomic E-state index is 0.0756. The van der Waals surface area contributed by atoms with E-state index < -0.39 is 11.5 Å². The van der Waals surface area contributed by atoms with Gasteiger partial charge in [-0.15, -0.1) is 0 Å². The molecular weight excluding hydrogens is 420 g/mol. The van der Waals surface area contributed by atoms with E-state index in [1.54, 1.807) is 6.92 Å². The van der Waals surface area contributed by atoms with Crippen molar-refractivity contribution in [3.63, 3.8) is 0 Å². The van der Waals surface area contributed by atoms with Gasteiger partial charge in [0.25, 0.3) is 0 Å². The average Bonchev–Trinajstić information content (AvgIpc) is 3.50. The Morgan fingerprint density at radius 2 is 1.44 bits per heavy atom. The molecule has 34 heavy (non-hydrogen) atoms. The molecule has 176 valence electrons. The number of likely N-dealkylation sites (tertiary alicyclic amines) is 2. The van der Waals surface area contributed by atoms with Gasteiger partial charge in [0.15, 0.2) is 0 Å². The van der Waals surface area contributed by atoms with E-state index in [0.717, 1.165) is 25.1 Å². The molecular formula is C30H34N2O2. The molecule has 5 rings (SSSR count). The first kappa shape index (κ1) is 22.8. The van der Waals surface area contributed by atoms with Crippen molar-refractivity contribution < 1.29 is 9.90 Å². The fourth-order valence-corrected chi connectivity index (χ4v) is 5.58. The number of carbonyl (C=O) groups is 1. The van der Waals surface area contributed by atoms with E-state index >= 15 is 0 Å². The lowest BCUT2D eigenvalue weighted by Crippen LogP contribution is -2.44. The first-order chi connectivity index (χ1) is 16.5. The molecule has 0 radical (unpaired) electrons. The first-order valence-corrected chi connectivity index (χ1v) is 12.5. The summed E-state index contributed by atoms with van der Waals surface area (Å²) in [5.74, 6) is -0.363. The predicted molar refractivity (Wildman–Crippen MR) is 136 cm³/mol. The van der Waals surface area contributed by atoms with Crippen LogP contribution in [-0.2, 0) is 16.8 Å². The summed E-state index contributed by atoms with van der Waals surface area (Å²) in [4.78, 5) is 18.1. The lowest BCUT2D eigenvalue weighted by atomic mass is 9.80. The highest BCUT2D eigenvalue weighted by molar-refractivity contribution is 5.83. The first-order valence-electron chi connectivity index (χ1n) is 12.5. The van der Waals surface area contributed by atoms with Gasteiger partial charge in [0, 0.05) is 6.04 Å². The van der Waals surface area contributed by atoms with Gasteiger partial charge in [-0.05, 0) is 68.0 Å². The number of hydrogen-bond acceptors (Lipinski definition) is 3. The van der Waals surface area contributed by atoms with Gasteiger partial charge in [0.05, 0.1) is 18.2 Å². The van der Waals surface area contributed by atoms with Crippen LogP contribution in [0.25, 0.3) is 11.1 Å². The number of amides is 1. The van der Waals surface area contributed by atoms with Crippen molar-refractivity contribution in [3.8, 4) is 11.1 Å². The molecule has 2 unspecified atom stereocenters. The third kappa shape index (κ3) is 4.66. The second-order valence-corrected chi connectivity index (χ2v) is 10.00. The maximum Gasteiger partial charge on any atom is 0.230 e. The summed E-state index contributed by atoms with van der Waals surface area (Å²) in [5, 5.41) is 11.5. The summed E-state index contributed by atoms with van der Waals surface area (Å²) in [6, 6.07) is 28.8. The second kappa shape index (κ2) is 9.73. The van der Waals surface area contributed by atoms with E-state index in [1.165, 1.54) is 29.5 Å². The van der Waals surface area contributed by atoms with Crippen LogP contribution in [-0.4, -0.2) is 46.6 Å². The highest BCUT2D eigenvalue weighted by atomic mass is 16.3. The van der Waals surface area contributed by atoms with Crippen LogP contribution >= 0.6 is 0 Å². The molecule has 1 amide bonds. The molecule has 4 nitrogen and oxygen atoms in total. The standard InChI is InChI=1S/C30H34N2O2/c1-30(34,26-12-6-3-7-13-26)28-21-27(32(29(28)33)22-31-18-8-9-19-31)20-23-14-16-25(17-15-23)24-10-4-2-5-11-24/h2-7,10-17,27-28,34H,8-9,18-22H2,1H3/t27-,28?,30?/m1/s1. The van der Waals surface area contributed by atoms with Crippen molar-refractivity contribution >= 4 is 5.91 Å². The largest absolute Gasteiger partial charge is 0.385 e. The Balaban J connectivity index is 1.38. The third-order valence-electron chi connectivity index (χ3n) is 7.65. The van der Waals surface area contributed by atoms with Crippen molar-refractivity contribution in [3.05, 3.63) is 96.1 Å². The molecule has 1 N–H and O–H groups in total. The molecule has 2 saturated heterocycles. The fourth-order valence-electron chi connectivity index (χ4n) is 5.58. The van der Waals surface area contributed by atoms with Crippen LogP contribution in [0, 0.1) is 5.92 Å². The van der Waals surface area contributed by atoms with E-state index in [-0.39, 0.29) is 11.9 Å². The molecule has 3 aromatic rings. The molecule has 0 spiro atoms. The van der Waals surface area contributed by atoms with Crippen LogP contribution in [0.15, 0.2) is 84.9 Å². The van der Waals surface area contributed by atoms with Gasteiger partial charge in [-0.3, -0.25) is 9.69 Å². The minimum atomic E-state index is -1.19. The van der Waals surface area contributed by atoms with Crippen LogP contribution in [0.1, 0.15) is 37.3 Å². The SMILES string of the molecule is CC(O)(c1ccccc1)C1C[C@@H](Cc2ccc(-c3ccccc3)cc2)N(CN2CCCC2)C1=O. The fraction of sp³-hybridized carbons (Fsp3) is 0.367. The predicted octanol–water partition coefficient (Wildman–Crippen LogP) is 5.07. The summed E-state index contributed by atoms with van der Waals surface area (Å²) in [7, 11) is 0. The Hall–Kier alpha value is -2.95. The molecule has 0 aliphatic carbocycles. The molecule has 0 bridgehead atoms. The van der Waals surface area contributed by atoms with E-state index in [2.05, 4.69) is 53.4 Å². The van der Waals surface area contributed by atoms with Gasteiger partial charge in [0.2, 0.25) is 5.91 Å². The molecule has 3 atom stereocenters. The van der Waals surface area contributed by atoms with E-state index in [9.17, 15) is 9.90 Å². The Kier molecular flexibility index (Phi) is 6.53. The normalized spacial score (nSPS) is 22.8. The highest BCUT2D eigenvalue weighted by Gasteiger charge is 2.49. The number of rotatable bonds is 7. The number of hydrogen-bond donors (Lipinski definition) is 1. The van der Waals surface area contributed by atoms with Crippen molar-refractivity contribution in [1.29, 1.82) is 0 Å². The minimum Gasteiger partial charge on any atom is -0.385 e. The Labute approximate surface area is 202 Å². The highest BCUT2D eigenvalue weighted by Crippen LogP contribution is 2.40. The van der Waals surface area contributed by atoms with E-state index in [1.807, 2.05) is 41.3 Å². The maximum absolute atomic E-state index is 13.7. The second-order valence-electron chi connectivity index (χ2n) is 10.00. The average molecular weight is 455 g/mol. The molecule has 2 fully saturated rings. The number of aliphatic hydroxyl groups is 1. The third-order valence-corrected chi connectivity index (χ3v) is 7.65. The molecule has 0 aromatic heterocycles. The Bertz CT molecular complexity index is 1090. The van der Waals surface area contributed by atoms with Crippen molar-refractivity contribution in [2.45, 2.75) is 44.2 Å². The molecule has 0 saturated carbocycles. The van der Waals surface area contributed by atoms with Crippen molar-refractivity contribution in [1.82, 2.24) is 9.80 Å². The van der Waals surface area contributed by atoms with Gasteiger partial charge < -0.3 is 10.0 Å². The number of benzene rings is 3. The summed E-state index contributed by atoms with van der Waals surface area (Å²) < 4.78 is 0. The molecule has 2 heterocycles. The van der Waals surface area contributed by atoms with Crippen LogP contribution in [0.3, 0.4) is 0 Å². The van der Waals surface area contributed by atoms with Gasteiger partial charge in [-0.2, -0.15) is 0 Å². The van der Waals surface area contributed by atoms with E-state index in [4.69, 9.17) is 0 Å². The van der Waals surface area contributed by atoms with Gasteiger partial charge in [-0.25, -0.2) is 0 Å². The summed E-state index contributed by atoms with van der Waals surface area (Å²) in [6.45, 7) is 4.55. The topological polar surface area (TPSA) is 43.8 Å². The van der Waals surface area contributed by atoms with Crippen LogP contribution in [0.5, 0.6) is 0 Å². The molecule has 2 aliphatic rings. The van der Waals surface area contributed by atoms with Gasteiger partial charge in [-0.1, -0.05) is 84.9 Å². The number of nitrogens with zero attached hydrogens (tertiary/aromatic N) is 2.